The van der Waals surface area contributed by atoms with E-state index in [1.165, 1.54) is 4.90 Å². The van der Waals surface area contributed by atoms with Gasteiger partial charge in [0.15, 0.2) is 11.5 Å². The molecule has 6 nitrogen and oxygen atoms in total. The predicted molar refractivity (Wildman–Crippen MR) is 71.7 cm³/mol. The van der Waals surface area contributed by atoms with Gasteiger partial charge in [-0.2, -0.15) is 0 Å². The Kier molecular flexibility index (Phi) is 1.80. The summed E-state index contributed by atoms with van der Waals surface area (Å²) in [4.78, 5) is 26.6. The highest BCUT2D eigenvalue weighted by atomic mass is 16.7. The van der Waals surface area contributed by atoms with E-state index in [1.807, 2.05) is 6.07 Å². The zero-order valence-electron chi connectivity index (χ0n) is 11.7. The average molecular weight is 299 g/mol. The van der Waals surface area contributed by atoms with Gasteiger partial charge >= 0.3 is 0 Å². The van der Waals surface area contributed by atoms with Gasteiger partial charge in [-0.25, -0.2) is 0 Å². The fourth-order valence-electron chi connectivity index (χ4n) is 4.81. The molecule has 1 aliphatic carbocycles. The van der Waals surface area contributed by atoms with E-state index in [2.05, 4.69) is 0 Å². The van der Waals surface area contributed by atoms with E-state index in [4.69, 9.17) is 14.2 Å². The van der Waals surface area contributed by atoms with Gasteiger partial charge in [0.25, 0.3) is 5.91 Å². The number of imide groups is 1. The maximum Gasteiger partial charge on any atom is 0.261 e. The van der Waals surface area contributed by atoms with E-state index in [0.717, 1.165) is 12.0 Å². The topological polar surface area (TPSA) is 68.4 Å². The Morgan fingerprint density at radius 1 is 1.14 bits per heavy atom. The average Bonchev–Trinajstić information content (AvgIpc) is 2.99. The van der Waals surface area contributed by atoms with Crippen LogP contribution in [0.25, 0.3) is 0 Å². The highest BCUT2D eigenvalue weighted by Crippen LogP contribution is 2.57. The molecule has 22 heavy (non-hydrogen) atoms. The predicted octanol–water partition coefficient (Wildman–Crippen LogP) is 1.04. The van der Waals surface area contributed by atoms with Crippen LogP contribution in [0.3, 0.4) is 0 Å². The molecular weight excluding hydrogens is 286 g/mol. The van der Waals surface area contributed by atoms with Crippen molar-refractivity contribution in [2.24, 2.45) is 5.92 Å². The SMILES string of the molecule is O=C1CC2C[C@@H]3O[C@@H]3[C@H]3c4cc5c(cc4C(=O)N1C23)OCO5. The molecule has 6 heteroatoms. The molecule has 3 fully saturated rings. The number of hydrogen-bond acceptors (Lipinski definition) is 5. The van der Waals surface area contributed by atoms with Crippen molar-refractivity contribution in [3.8, 4) is 11.5 Å². The lowest BCUT2D eigenvalue weighted by Gasteiger charge is -2.40. The van der Waals surface area contributed by atoms with Gasteiger partial charge in [0, 0.05) is 17.9 Å². The van der Waals surface area contributed by atoms with Gasteiger partial charge in [-0.05, 0) is 30.0 Å². The Balaban J connectivity index is 1.60. The fourth-order valence-corrected chi connectivity index (χ4v) is 4.81. The van der Waals surface area contributed by atoms with E-state index in [-0.39, 0.29) is 48.7 Å². The third kappa shape index (κ3) is 1.18. The first-order valence-corrected chi connectivity index (χ1v) is 7.68. The van der Waals surface area contributed by atoms with Crippen molar-refractivity contribution in [2.45, 2.75) is 37.0 Å². The summed E-state index contributed by atoms with van der Waals surface area (Å²) in [6.45, 7) is 0.175. The normalized spacial score (nSPS) is 39.5. The number of fused-ring (bicyclic) bond motifs is 5. The number of rotatable bonds is 0. The molecule has 112 valence electrons. The smallest absolute Gasteiger partial charge is 0.261 e. The third-order valence-corrected chi connectivity index (χ3v) is 5.72. The number of benzene rings is 1. The van der Waals surface area contributed by atoms with Crippen molar-refractivity contribution < 1.29 is 23.8 Å². The van der Waals surface area contributed by atoms with E-state index >= 15 is 0 Å². The summed E-state index contributed by atoms with van der Waals surface area (Å²) in [5.74, 6) is 1.33. The molecule has 1 aromatic rings. The van der Waals surface area contributed by atoms with Crippen LogP contribution >= 0.6 is 0 Å². The summed E-state index contributed by atoms with van der Waals surface area (Å²) in [6, 6.07) is 3.60. The zero-order chi connectivity index (χ0) is 14.6. The maximum atomic E-state index is 12.8. The van der Waals surface area contributed by atoms with Crippen LogP contribution in [0.5, 0.6) is 11.5 Å². The van der Waals surface area contributed by atoms with Gasteiger partial charge in [-0.15, -0.1) is 0 Å². The van der Waals surface area contributed by atoms with E-state index in [9.17, 15) is 9.59 Å². The van der Waals surface area contributed by atoms with Crippen molar-refractivity contribution >= 4 is 11.8 Å². The van der Waals surface area contributed by atoms with Crippen LogP contribution in [0.15, 0.2) is 12.1 Å². The minimum Gasteiger partial charge on any atom is -0.454 e. The molecular formula is C16H13NO5. The zero-order valence-corrected chi connectivity index (χ0v) is 11.7. The van der Waals surface area contributed by atoms with Crippen LogP contribution in [0.1, 0.15) is 34.7 Å². The summed E-state index contributed by atoms with van der Waals surface area (Å²) in [7, 11) is 0. The maximum absolute atomic E-state index is 12.8. The molecule has 2 unspecified atom stereocenters. The molecule has 4 heterocycles. The largest absolute Gasteiger partial charge is 0.454 e. The minimum atomic E-state index is -0.193. The number of ether oxygens (including phenoxy) is 3. The molecule has 5 atom stereocenters. The van der Waals surface area contributed by atoms with Gasteiger partial charge in [-0.3, -0.25) is 14.5 Å². The number of nitrogens with zero attached hydrogens (tertiary/aromatic N) is 1. The third-order valence-electron chi connectivity index (χ3n) is 5.72. The Morgan fingerprint density at radius 3 is 2.82 bits per heavy atom. The number of carbonyl (C=O) groups excluding carboxylic acids is 2. The Hall–Kier alpha value is -2.08. The van der Waals surface area contributed by atoms with Crippen LogP contribution < -0.4 is 9.47 Å². The molecule has 4 aliphatic heterocycles. The molecule has 0 radical (unpaired) electrons. The monoisotopic (exact) mass is 299 g/mol. The second-order valence-electron chi connectivity index (χ2n) is 6.72. The van der Waals surface area contributed by atoms with Crippen molar-refractivity contribution in [2.75, 3.05) is 6.79 Å². The summed E-state index contributed by atoms with van der Waals surface area (Å²) < 4.78 is 16.7. The Bertz CT molecular complexity index is 759. The van der Waals surface area contributed by atoms with Crippen LogP contribution in [0, 0.1) is 5.92 Å². The number of epoxide rings is 1. The highest BCUT2D eigenvalue weighted by molar-refractivity contribution is 6.09. The van der Waals surface area contributed by atoms with Gasteiger partial charge in [0.05, 0.1) is 18.2 Å². The first kappa shape index (κ1) is 11.5. The first-order chi connectivity index (χ1) is 10.7. The minimum absolute atomic E-state index is 0.0448. The quantitative estimate of drug-likeness (QED) is 0.529. The van der Waals surface area contributed by atoms with Gasteiger partial charge in [0.2, 0.25) is 12.7 Å². The Labute approximate surface area is 125 Å². The lowest BCUT2D eigenvalue weighted by atomic mass is 9.71. The van der Waals surface area contributed by atoms with Crippen molar-refractivity contribution in [3.05, 3.63) is 23.3 Å². The van der Waals surface area contributed by atoms with E-state index < -0.39 is 0 Å². The lowest BCUT2D eigenvalue weighted by molar-refractivity contribution is -0.126. The molecule has 0 spiro atoms. The molecule has 2 saturated heterocycles. The first-order valence-electron chi connectivity index (χ1n) is 7.68. The summed E-state index contributed by atoms with van der Waals surface area (Å²) in [5.41, 5.74) is 1.53. The molecule has 0 bridgehead atoms. The molecule has 1 aromatic carbocycles. The number of hydrogen-bond donors (Lipinski definition) is 0. The highest BCUT2D eigenvalue weighted by Gasteiger charge is 2.64. The Morgan fingerprint density at radius 2 is 1.95 bits per heavy atom. The van der Waals surface area contributed by atoms with Crippen molar-refractivity contribution in [1.29, 1.82) is 0 Å². The van der Waals surface area contributed by atoms with Crippen molar-refractivity contribution in [1.82, 2.24) is 4.90 Å². The standard InChI is InChI=1S/C16H13NO5/c18-12-2-6-1-11-15(22-11)13-7-3-9-10(21-5-20-9)4-8(7)16(19)17(12)14(6)13/h3-4,6,11,13-15H,1-2,5H2/t6?,11-,13-,14?,15-/m0/s1. The molecule has 0 aromatic heterocycles. The molecule has 5 aliphatic rings. The second kappa shape index (κ2) is 3.46. The van der Waals surface area contributed by atoms with Crippen LogP contribution in [0.4, 0.5) is 0 Å². The summed E-state index contributed by atoms with van der Waals surface area (Å²) in [6.07, 6.45) is 1.72. The van der Waals surface area contributed by atoms with E-state index in [0.29, 0.717) is 23.5 Å². The summed E-state index contributed by atoms with van der Waals surface area (Å²) >= 11 is 0. The lowest BCUT2D eigenvalue weighted by Crippen LogP contribution is -2.51. The molecule has 6 rings (SSSR count). The fraction of sp³-hybridized carbons (Fsp3) is 0.500. The van der Waals surface area contributed by atoms with Crippen molar-refractivity contribution in [3.63, 3.8) is 0 Å². The molecule has 0 N–H and O–H groups in total. The number of carbonyl (C=O) groups is 2. The van der Waals surface area contributed by atoms with E-state index in [1.54, 1.807) is 6.07 Å². The molecule has 1 saturated carbocycles. The summed E-state index contributed by atoms with van der Waals surface area (Å²) in [5, 5.41) is 0. The van der Waals surface area contributed by atoms with Gasteiger partial charge in [-0.1, -0.05) is 0 Å². The molecule has 2 amide bonds. The van der Waals surface area contributed by atoms with Crippen LogP contribution in [-0.2, 0) is 9.53 Å². The van der Waals surface area contributed by atoms with Gasteiger partial charge in [0.1, 0.15) is 0 Å². The van der Waals surface area contributed by atoms with Gasteiger partial charge < -0.3 is 14.2 Å². The number of amides is 2. The second-order valence-corrected chi connectivity index (χ2v) is 6.72. The van der Waals surface area contributed by atoms with Crippen LogP contribution in [0.2, 0.25) is 0 Å². The van der Waals surface area contributed by atoms with Crippen LogP contribution in [-0.4, -0.2) is 41.8 Å².